The first-order valence-corrected chi connectivity index (χ1v) is 7.54. The van der Waals surface area contributed by atoms with Crippen molar-refractivity contribution in [3.05, 3.63) is 29.8 Å². The van der Waals surface area contributed by atoms with Crippen molar-refractivity contribution in [3.8, 4) is 5.75 Å². The highest BCUT2D eigenvalue weighted by Gasteiger charge is 2.25. The van der Waals surface area contributed by atoms with Crippen LogP contribution in [0.15, 0.2) is 24.3 Å². The fourth-order valence-electron chi connectivity index (χ4n) is 2.91. The van der Waals surface area contributed by atoms with Gasteiger partial charge in [-0.05, 0) is 37.6 Å². The van der Waals surface area contributed by atoms with Crippen molar-refractivity contribution in [3.63, 3.8) is 0 Å². The first-order valence-electron chi connectivity index (χ1n) is 7.54. The number of hydrogen-bond acceptors (Lipinski definition) is 1. The van der Waals surface area contributed by atoms with Gasteiger partial charge in [0.15, 0.2) is 0 Å². The summed E-state index contributed by atoms with van der Waals surface area (Å²) >= 11 is 0. The SMILES string of the molecule is CC[C@H](C)[NH+]1CC[NH+](Cc2ccc(OC)cc2)CC1. The highest BCUT2D eigenvalue weighted by Crippen LogP contribution is 2.10. The highest BCUT2D eigenvalue weighted by atomic mass is 16.5. The molecule has 3 nitrogen and oxygen atoms in total. The number of benzene rings is 1. The molecule has 0 aromatic heterocycles. The van der Waals surface area contributed by atoms with Crippen molar-refractivity contribution in [2.45, 2.75) is 32.9 Å². The summed E-state index contributed by atoms with van der Waals surface area (Å²) in [5, 5.41) is 0. The Morgan fingerprint density at radius 3 is 2.26 bits per heavy atom. The first-order chi connectivity index (χ1) is 9.22. The van der Waals surface area contributed by atoms with Crippen LogP contribution in [0.4, 0.5) is 0 Å². The molecule has 1 aliphatic heterocycles. The Bertz CT molecular complexity index is 369. The number of hydrogen-bond donors (Lipinski definition) is 2. The average Bonchev–Trinajstić information content (AvgIpc) is 2.48. The normalized spacial score (nSPS) is 25.0. The fraction of sp³-hybridized carbons (Fsp3) is 0.625. The third-order valence-corrected chi connectivity index (χ3v) is 4.52. The summed E-state index contributed by atoms with van der Waals surface area (Å²) in [5.41, 5.74) is 1.42. The third-order valence-electron chi connectivity index (χ3n) is 4.52. The van der Waals surface area contributed by atoms with Crippen LogP contribution in [0.1, 0.15) is 25.8 Å². The van der Waals surface area contributed by atoms with Crippen LogP contribution in [-0.2, 0) is 6.54 Å². The first kappa shape index (κ1) is 14.4. The lowest BCUT2D eigenvalue weighted by molar-refractivity contribution is -1.03. The summed E-state index contributed by atoms with van der Waals surface area (Å²) in [7, 11) is 1.72. The Morgan fingerprint density at radius 2 is 1.74 bits per heavy atom. The maximum atomic E-state index is 5.20. The molecule has 1 heterocycles. The quantitative estimate of drug-likeness (QED) is 0.752. The molecule has 0 spiro atoms. The highest BCUT2D eigenvalue weighted by molar-refractivity contribution is 5.26. The maximum Gasteiger partial charge on any atom is 0.127 e. The van der Waals surface area contributed by atoms with Crippen LogP contribution in [0.5, 0.6) is 5.75 Å². The van der Waals surface area contributed by atoms with Gasteiger partial charge in [-0.15, -0.1) is 0 Å². The summed E-state index contributed by atoms with van der Waals surface area (Å²) in [6.45, 7) is 11.1. The molecular formula is C16H28N2O+2. The van der Waals surface area contributed by atoms with Crippen LogP contribution in [0.25, 0.3) is 0 Å². The minimum Gasteiger partial charge on any atom is -0.497 e. The van der Waals surface area contributed by atoms with E-state index in [1.165, 1.54) is 38.2 Å². The molecule has 0 aliphatic carbocycles. The molecule has 2 rings (SSSR count). The zero-order chi connectivity index (χ0) is 13.7. The zero-order valence-corrected chi connectivity index (χ0v) is 12.5. The molecule has 1 atom stereocenters. The van der Waals surface area contributed by atoms with E-state index in [0.29, 0.717) is 0 Å². The van der Waals surface area contributed by atoms with Crippen molar-refractivity contribution in [1.82, 2.24) is 0 Å². The third kappa shape index (κ3) is 3.95. The molecule has 3 heteroatoms. The van der Waals surface area contributed by atoms with Crippen molar-refractivity contribution < 1.29 is 14.5 Å². The Balaban J connectivity index is 1.81. The van der Waals surface area contributed by atoms with E-state index in [1.807, 2.05) is 0 Å². The van der Waals surface area contributed by atoms with Gasteiger partial charge in [0.25, 0.3) is 0 Å². The molecular weight excluding hydrogens is 236 g/mol. The van der Waals surface area contributed by atoms with Gasteiger partial charge >= 0.3 is 0 Å². The van der Waals surface area contributed by atoms with Crippen molar-refractivity contribution in [2.75, 3.05) is 33.3 Å². The van der Waals surface area contributed by atoms with E-state index in [0.717, 1.165) is 18.3 Å². The van der Waals surface area contributed by atoms with Crippen LogP contribution in [0.3, 0.4) is 0 Å². The van der Waals surface area contributed by atoms with Crippen molar-refractivity contribution >= 4 is 0 Å². The fourth-order valence-corrected chi connectivity index (χ4v) is 2.91. The minimum absolute atomic E-state index is 0.822. The summed E-state index contributed by atoms with van der Waals surface area (Å²) < 4.78 is 5.20. The van der Waals surface area contributed by atoms with Gasteiger partial charge in [0.1, 0.15) is 38.5 Å². The van der Waals surface area contributed by atoms with Crippen LogP contribution in [0, 0.1) is 0 Å². The lowest BCUT2D eigenvalue weighted by Gasteiger charge is -2.33. The molecule has 19 heavy (non-hydrogen) atoms. The standard InChI is InChI=1S/C16H26N2O/c1-4-14(2)18-11-9-17(10-12-18)13-15-5-7-16(19-3)8-6-15/h5-8,14H,4,9-13H2,1-3H3/p+2/t14-/m0/s1. The number of quaternary nitrogens is 2. The minimum atomic E-state index is 0.822. The predicted molar refractivity (Wildman–Crippen MR) is 77.8 cm³/mol. The molecule has 0 bridgehead atoms. The zero-order valence-electron chi connectivity index (χ0n) is 12.5. The number of nitrogens with one attached hydrogen (secondary N) is 2. The average molecular weight is 264 g/mol. The van der Waals surface area contributed by atoms with Gasteiger partial charge in [0, 0.05) is 5.56 Å². The molecule has 0 saturated carbocycles. The van der Waals surface area contributed by atoms with E-state index in [4.69, 9.17) is 4.74 Å². The van der Waals surface area contributed by atoms with Gasteiger partial charge < -0.3 is 14.5 Å². The van der Waals surface area contributed by atoms with Crippen LogP contribution in [0.2, 0.25) is 0 Å². The largest absolute Gasteiger partial charge is 0.497 e. The van der Waals surface area contributed by atoms with E-state index < -0.39 is 0 Å². The summed E-state index contributed by atoms with van der Waals surface area (Å²) in [6.07, 6.45) is 1.29. The number of rotatable bonds is 5. The van der Waals surface area contributed by atoms with E-state index >= 15 is 0 Å². The van der Waals surface area contributed by atoms with Gasteiger partial charge in [0.2, 0.25) is 0 Å². The molecule has 1 fully saturated rings. The maximum absolute atomic E-state index is 5.20. The molecule has 1 aromatic carbocycles. The van der Waals surface area contributed by atoms with Crippen molar-refractivity contribution in [2.24, 2.45) is 0 Å². The summed E-state index contributed by atoms with van der Waals surface area (Å²) in [4.78, 5) is 3.51. The molecule has 0 radical (unpaired) electrons. The second kappa shape index (κ2) is 6.92. The molecule has 0 unspecified atom stereocenters. The number of methoxy groups -OCH3 is 1. The Hall–Kier alpha value is -1.06. The van der Waals surface area contributed by atoms with Crippen molar-refractivity contribution in [1.29, 1.82) is 0 Å². The molecule has 1 aliphatic rings. The van der Waals surface area contributed by atoms with E-state index in [2.05, 4.69) is 38.1 Å². The van der Waals surface area contributed by atoms with Gasteiger partial charge in [-0.2, -0.15) is 0 Å². The van der Waals surface area contributed by atoms with Gasteiger partial charge in [-0.25, -0.2) is 0 Å². The van der Waals surface area contributed by atoms with Gasteiger partial charge in [-0.3, -0.25) is 0 Å². The predicted octanol–water partition coefficient (Wildman–Crippen LogP) is -0.223. The van der Waals surface area contributed by atoms with E-state index in [-0.39, 0.29) is 0 Å². The summed E-state index contributed by atoms with van der Waals surface area (Å²) in [5.74, 6) is 0.949. The van der Waals surface area contributed by atoms with Gasteiger partial charge in [0.05, 0.1) is 13.2 Å². The Morgan fingerprint density at radius 1 is 1.11 bits per heavy atom. The van der Waals surface area contributed by atoms with Crippen LogP contribution < -0.4 is 14.5 Å². The smallest absolute Gasteiger partial charge is 0.127 e. The lowest BCUT2D eigenvalue weighted by Crippen LogP contribution is -3.29. The monoisotopic (exact) mass is 264 g/mol. The van der Waals surface area contributed by atoms with E-state index in [1.54, 1.807) is 16.9 Å². The second-order valence-corrected chi connectivity index (χ2v) is 5.74. The molecule has 1 aromatic rings. The number of piperazine rings is 1. The topological polar surface area (TPSA) is 18.1 Å². The lowest BCUT2D eigenvalue weighted by atomic mass is 10.1. The Labute approximate surface area is 117 Å². The van der Waals surface area contributed by atoms with Gasteiger partial charge in [-0.1, -0.05) is 6.92 Å². The van der Waals surface area contributed by atoms with E-state index in [9.17, 15) is 0 Å². The number of ether oxygens (including phenoxy) is 1. The van der Waals surface area contributed by atoms with Crippen LogP contribution in [-0.4, -0.2) is 39.3 Å². The molecule has 106 valence electrons. The van der Waals surface area contributed by atoms with Crippen LogP contribution >= 0.6 is 0 Å². The molecule has 2 N–H and O–H groups in total. The summed E-state index contributed by atoms with van der Waals surface area (Å²) in [6, 6.07) is 9.34. The Kier molecular flexibility index (Phi) is 5.23. The molecule has 1 saturated heterocycles. The second-order valence-electron chi connectivity index (χ2n) is 5.74. The molecule has 0 amide bonds.